The second-order valence-corrected chi connectivity index (χ2v) is 9.95. The number of carbonyl (C=O) groups is 2. The molecule has 3 aliphatic rings. The van der Waals surface area contributed by atoms with Crippen molar-refractivity contribution in [2.24, 2.45) is 0 Å². The molecule has 2 saturated heterocycles. The number of nitrogens with one attached hydrogen (secondary N) is 1. The molecule has 0 aromatic heterocycles. The van der Waals surface area contributed by atoms with Crippen LogP contribution in [0, 0.1) is 0 Å². The molecule has 1 aliphatic carbocycles. The smallest absolute Gasteiger partial charge is 0.240 e. The number of thioether (sulfide) groups is 1. The summed E-state index contributed by atoms with van der Waals surface area (Å²) in [6.45, 7) is 5.35. The van der Waals surface area contributed by atoms with E-state index in [1.807, 2.05) is 0 Å². The van der Waals surface area contributed by atoms with Gasteiger partial charge < -0.3 is 5.32 Å². The highest BCUT2D eigenvalue weighted by molar-refractivity contribution is 8.23. The minimum atomic E-state index is -0.152. The molecule has 2 heterocycles. The Bertz CT molecular complexity index is 990. The maximum atomic E-state index is 12.2. The first kappa shape index (κ1) is 21.6. The molecule has 1 N–H and O–H groups in total. The topological polar surface area (TPSA) is 55.9 Å². The number of hydrogen-bond acceptors (Lipinski definition) is 6. The molecule has 0 radical (unpaired) electrons. The Balaban J connectivity index is 1.13. The zero-order valence-corrected chi connectivity index (χ0v) is 19.5. The standard InChI is InChI=1S/C24H26N4O2S2/c29-21(15-28-22(30)16-32-24(28)31)25-9-10-26-11-13-27(14-12-26)23-19-7-3-1-5-17(19)18-6-2-4-8-20(18)23/h1-8,23H,9-16H2,(H,25,29). The minimum absolute atomic E-state index is 0.0267. The molecule has 2 aliphatic heterocycles. The number of rotatable bonds is 6. The number of carbonyl (C=O) groups excluding carboxylic acids is 2. The van der Waals surface area contributed by atoms with Gasteiger partial charge in [-0.25, -0.2) is 0 Å². The van der Waals surface area contributed by atoms with Gasteiger partial charge >= 0.3 is 0 Å². The minimum Gasteiger partial charge on any atom is -0.353 e. The van der Waals surface area contributed by atoms with E-state index in [4.69, 9.17) is 12.2 Å². The third-order valence-corrected chi connectivity index (χ3v) is 7.90. The number of amides is 2. The van der Waals surface area contributed by atoms with Crippen LogP contribution in [0.4, 0.5) is 0 Å². The van der Waals surface area contributed by atoms with Crippen LogP contribution in [0.3, 0.4) is 0 Å². The number of piperazine rings is 1. The third kappa shape index (κ3) is 4.20. The molecular formula is C24H26N4O2S2. The second kappa shape index (κ2) is 9.31. The van der Waals surface area contributed by atoms with Crippen molar-refractivity contribution in [3.8, 4) is 11.1 Å². The Morgan fingerprint density at radius 2 is 1.62 bits per heavy atom. The van der Waals surface area contributed by atoms with E-state index in [0.29, 0.717) is 22.7 Å². The summed E-state index contributed by atoms with van der Waals surface area (Å²) in [6, 6.07) is 17.8. The Morgan fingerprint density at radius 1 is 1.00 bits per heavy atom. The fourth-order valence-corrected chi connectivity index (χ4v) is 5.92. The van der Waals surface area contributed by atoms with Gasteiger partial charge in [0, 0.05) is 39.3 Å². The first-order valence-corrected chi connectivity index (χ1v) is 12.4. The van der Waals surface area contributed by atoms with Crippen molar-refractivity contribution < 1.29 is 9.59 Å². The van der Waals surface area contributed by atoms with Gasteiger partial charge in [0.1, 0.15) is 10.9 Å². The van der Waals surface area contributed by atoms with Crippen LogP contribution < -0.4 is 5.32 Å². The highest BCUT2D eigenvalue weighted by Gasteiger charge is 2.34. The molecule has 0 saturated carbocycles. The molecule has 0 atom stereocenters. The van der Waals surface area contributed by atoms with Gasteiger partial charge in [-0.3, -0.25) is 24.3 Å². The third-order valence-electron chi connectivity index (χ3n) is 6.47. The number of benzene rings is 2. The molecule has 0 spiro atoms. The Labute approximate surface area is 197 Å². The maximum absolute atomic E-state index is 12.2. The van der Waals surface area contributed by atoms with Crippen LogP contribution >= 0.6 is 24.0 Å². The summed E-state index contributed by atoms with van der Waals surface area (Å²) < 4.78 is 0.497. The number of thiocarbonyl (C=S) groups is 1. The molecule has 166 valence electrons. The molecule has 5 rings (SSSR count). The first-order valence-electron chi connectivity index (χ1n) is 11.0. The molecule has 2 aromatic carbocycles. The average molecular weight is 467 g/mol. The summed E-state index contributed by atoms with van der Waals surface area (Å²) in [7, 11) is 0. The van der Waals surface area contributed by atoms with E-state index < -0.39 is 0 Å². The van der Waals surface area contributed by atoms with E-state index in [-0.39, 0.29) is 18.4 Å². The van der Waals surface area contributed by atoms with Crippen LogP contribution in [0.15, 0.2) is 48.5 Å². The van der Waals surface area contributed by atoms with E-state index in [1.165, 1.54) is 38.9 Å². The molecule has 32 heavy (non-hydrogen) atoms. The Kier molecular flexibility index (Phi) is 6.28. The predicted molar refractivity (Wildman–Crippen MR) is 132 cm³/mol. The number of fused-ring (bicyclic) bond motifs is 3. The Hall–Kier alpha value is -2.26. The fraction of sp³-hybridized carbons (Fsp3) is 0.375. The van der Waals surface area contributed by atoms with E-state index in [0.717, 1.165) is 32.7 Å². The quantitative estimate of drug-likeness (QED) is 0.660. The van der Waals surface area contributed by atoms with Crippen LogP contribution in [-0.2, 0) is 9.59 Å². The van der Waals surface area contributed by atoms with Crippen molar-refractivity contribution in [2.45, 2.75) is 6.04 Å². The summed E-state index contributed by atoms with van der Waals surface area (Å²) in [4.78, 5) is 30.3. The van der Waals surface area contributed by atoms with E-state index in [2.05, 4.69) is 63.6 Å². The molecule has 8 heteroatoms. The highest BCUT2D eigenvalue weighted by Crippen LogP contribution is 2.46. The molecular weight excluding hydrogens is 440 g/mol. The van der Waals surface area contributed by atoms with Gasteiger partial charge in [-0.2, -0.15) is 0 Å². The SMILES string of the molecule is O=C(CN1C(=O)CSC1=S)NCCN1CCN(C2c3ccccc3-c3ccccc32)CC1. The van der Waals surface area contributed by atoms with Gasteiger partial charge in [0.25, 0.3) is 0 Å². The van der Waals surface area contributed by atoms with Crippen LogP contribution in [0.2, 0.25) is 0 Å². The summed E-state index contributed by atoms with van der Waals surface area (Å²) in [6.07, 6.45) is 0. The van der Waals surface area contributed by atoms with Crippen LogP contribution in [0.5, 0.6) is 0 Å². The normalized spacial score (nSPS) is 19.3. The molecule has 2 aromatic rings. The van der Waals surface area contributed by atoms with Crippen LogP contribution in [0.1, 0.15) is 17.2 Å². The van der Waals surface area contributed by atoms with Gasteiger partial charge in [0.05, 0.1) is 11.8 Å². The predicted octanol–water partition coefficient (Wildman–Crippen LogP) is 2.35. The lowest BCUT2D eigenvalue weighted by atomic mass is 10.0. The second-order valence-electron chi connectivity index (χ2n) is 8.34. The van der Waals surface area contributed by atoms with Crippen LogP contribution in [-0.4, -0.2) is 82.4 Å². The summed E-state index contributed by atoms with van der Waals surface area (Å²) in [5, 5.41) is 2.93. The zero-order chi connectivity index (χ0) is 22.1. The van der Waals surface area contributed by atoms with Gasteiger partial charge in [0.15, 0.2) is 0 Å². The lowest BCUT2D eigenvalue weighted by Crippen LogP contribution is -2.49. The average Bonchev–Trinajstić information content (AvgIpc) is 3.32. The summed E-state index contributed by atoms with van der Waals surface area (Å²) in [5.74, 6) is 0.106. The van der Waals surface area contributed by atoms with Gasteiger partial charge in [-0.05, 0) is 22.3 Å². The van der Waals surface area contributed by atoms with Gasteiger partial charge in [-0.15, -0.1) is 0 Å². The Morgan fingerprint density at radius 3 is 2.22 bits per heavy atom. The lowest BCUT2D eigenvalue weighted by Gasteiger charge is -2.38. The van der Waals surface area contributed by atoms with Crippen LogP contribution in [0.25, 0.3) is 11.1 Å². The molecule has 6 nitrogen and oxygen atoms in total. The largest absolute Gasteiger partial charge is 0.353 e. The summed E-state index contributed by atoms with van der Waals surface area (Å²) >= 11 is 6.45. The van der Waals surface area contributed by atoms with Crippen molar-refractivity contribution in [3.63, 3.8) is 0 Å². The first-order chi connectivity index (χ1) is 15.6. The van der Waals surface area contributed by atoms with Crippen molar-refractivity contribution in [2.75, 3.05) is 51.6 Å². The summed E-state index contributed by atoms with van der Waals surface area (Å²) in [5.41, 5.74) is 5.52. The molecule has 2 fully saturated rings. The lowest BCUT2D eigenvalue weighted by molar-refractivity contribution is -0.129. The number of hydrogen-bond donors (Lipinski definition) is 1. The van der Waals surface area contributed by atoms with Crippen molar-refractivity contribution in [1.82, 2.24) is 20.0 Å². The van der Waals surface area contributed by atoms with Gasteiger partial charge in [0.2, 0.25) is 11.8 Å². The maximum Gasteiger partial charge on any atom is 0.240 e. The van der Waals surface area contributed by atoms with E-state index in [9.17, 15) is 9.59 Å². The zero-order valence-electron chi connectivity index (χ0n) is 17.8. The highest BCUT2D eigenvalue weighted by atomic mass is 32.2. The van der Waals surface area contributed by atoms with Crippen molar-refractivity contribution in [3.05, 3.63) is 59.7 Å². The molecule has 2 amide bonds. The van der Waals surface area contributed by atoms with E-state index >= 15 is 0 Å². The number of nitrogens with zero attached hydrogens (tertiary/aromatic N) is 3. The molecule has 0 unspecified atom stereocenters. The van der Waals surface area contributed by atoms with Crippen molar-refractivity contribution in [1.29, 1.82) is 0 Å². The van der Waals surface area contributed by atoms with Crippen molar-refractivity contribution >= 4 is 40.1 Å². The van der Waals surface area contributed by atoms with E-state index in [1.54, 1.807) is 0 Å². The monoisotopic (exact) mass is 466 g/mol. The van der Waals surface area contributed by atoms with Gasteiger partial charge in [-0.1, -0.05) is 72.5 Å². The molecule has 0 bridgehead atoms. The fourth-order valence-electron chi connectivity index (χ4n) is 4.85.